The standard InChI is InChI=1S/C28H22N6/c1-2-18-14-22-6-10-27(32-22)28-12-8-24(34-28)16-20-4-3-19(30-20)15-23-7-11-26(33-23)25-9-5-21(31-25)13-17(1)29-18/h1-16,25-26,29-30,32,34H/b17-13?,18-14-,19-15?,20-16?. The minimum atomic E-state index is 0.0270. The Bertz CT molecular complexity index is 1640. The first-order chi connectivity index (χ1) is 16.7. The van der Waals surface area contributed by atoms with Crippen LogP contribution in [0.2, 0.25) is 0 Å². The molecule has 4 aromatic rings. The summed E-state index contributed by atoms with van der Waals surface area (Å²) in [4.78, 5) is 23.6. The number of aromatic nitrogens is 4. The van der Waals surface area contributed by atoms with Crippen LogP contribution in [0.1, 0.15) is 11.4 Å². The van der Waals surface area contributed by atoms with E-state index in [9.17, 15) is 0 Å². The van der Waals surface area contributed by atoms with Gasteiger partial charge in [0.05, 0.1) is 34.9 Å². The smallest absolute Gasteiger partial charge is 0.0950 e. The molecule has 4 N–H and O–H groups in total. The van der Waals surface area contributed by atoms with Gasteiger partial charge in [0.25, 0.3) is 0 Å². The molecule has 3 aliphatic rings. The molecule has 0 radical (unpaired) electrons. The van der Waals surface area contributed by atoms with E-state index in [1.807, 2.05) is 0 Å². The van der Waals surface area contributed by atoms with Crippen LogP contribution in [0.25, 0.3) is 35.7 Å². The summed E-state index contributed by atoms with van der Waals surface area (Å²) in [5, 5.41) is 4.12. The molecule has 0 aliphatic carbocycles. The summed E-state index contributed by atoms with van der Waals surface area (Å²) in [6.07, 6.45) is 16.8. The lowest BCUT2D eigenvalue weighted by molar-refractivity contribution is 0.729. The molecule has 2 atom stereocenters. The Morgan fingerprint density at radius 1 is 0.471 bits per heavy atom. The number of allylic oxidation sites excluding steroid dienone is 2. The van der Waals surface area contributed by atoms with Gasteiger partial charge in [0.1, 0.15) is 0 Å². The van der Waals surface area contributed by atoms with E-state index in [4.69, 9.17) is 9.98 Å². The first kappa shape index (κ1) is 18.9. The Balaban J connectivity index is 1.36. The van der Waals surface area contributed by atoms with Crippen molar-refractivity contribution in [2.24, 2.45) is 9.98 Å². The third kappa shape index (κ3) is 3.55. The van der Waals surface area contributed by atoms with Crippen LogP contribution >= 0.6 is 0 Å². The molecule has 2 unspecified atom stereocenters. The zero-order chi connectivity index (χ0) is 22.5. The maximum absolute atomic E-state index is 4.87. The second-order valence-electron chi connectivity index (χ2n) is 8.78. The van der Waals surface area contributed by atoms with Crippen molar-refractivity contribution in [3.8, 4) is 11.4 Å². The lowest BCUT2D eigenvalue weighted by Crippen LogP contribution is -2.16. The second-order valence-corrected chi connectivity index (χ2v) is 8.78. The van der Waals surface area contributed by atoms with E-state index in [0.717, 1.165) is 55.6 Å². The van der Waals surface area contributed by atoms with Gasteiger partial charge in [-0.25, -0.2) is 0 Å². The van der Waals surface area contributed by atoms with Crippen molar-refractivity contribution in [3.63, 3.8) is 0 Å². The van der Waals surface area contributed by atoms with Crippen molar-refractivity contribution in [1.29, 1.82) is 0 Å². The van der Waals surface area contributed by atoms with Crippen LogP contribution < -0.4 is 21.4 Å². The average molecular weight is 443 g/mol. The van der Waals surface area contributed by atoms with Gasteiger partial charge >= 0.3 is 0 Å². The lowest BCUT2D eigenvalue weighted by Gasteiger charge is -2.08. The van der Waals surface area contributed by atoms with E-state index >= 15 is 0 Å². The molecule has 6 heteroatoms. The summed E-state index contributed by atoms with van der Waals surface area (Å²) in [5.41, 5.74) is 6.07. The number of H-pyrrole nitrogens is 4. The minimum Gasteiger partial charge on any atom is -0.355 e. The van der Waals surface area contributed by atoms with Crippen LogP contribution in [0.5, 0.6) is 0 Å². The van der Waals surface area contributed by atoms with E-state index in [0.29, 0.717) is 0 Å². The summed E-state index contributed by atoms with van der Waals surface area (Å²) in [7, 11) is 0. The van der Waals surface area contributed by atoms with Gasteiger partial charge in [0, 0.05) is 32.8 Å². The number of nitrogens with zero attached hydrogens (tertiary/aromatic N) is 2. The minimum absolute atomic E-state index is 0.0270. The maximum Gasteiger partial charge on any atom is 0.0950 e. The molecule has 12 bridgehead atoms. The number of hydrogen-bond acceptors (Lipinski definition) is 2. The molecule has 4 aromatic heterocycles. The Kier molecular flexibility index (Phi) is 4.17. The van der Waals surface area contributed by atoms with E-state index in [1.165, 1.54) is 0 Å². The number of aliphatic imine (C=N–C) groups is 2. The van der Waals surface area contributed by atoms with E-state index < -0.39 is 0 Å². The summed E-state index contributed by atoms with van der Waals surface area (Å²) in [5.74, 6) is 0. The van der Waals surface area contributed by atoms with Crippen molar-refractivity contribution in [1.82, 2.24) is 19.9 Å². The van der Waals surface area contributed by atoms with E-state index in [1.54, 1.807) is 0 Å². The van der Waals surface area contributed by atoms with Crippen LogP contribution in [0.15, 0.2) is 82.8 Å². The first-order valence-corrected chi connectivity index (χ1v) is 11.4. The number of aromatic amines is 4. The van der Waals surface area contributed by atoms with Crippen molar-refractivity contribution in [2.45, 2.75) is 12.1 Å². The monoisotopic (exact) mass is 442 g/mol. The molecular weight excluding hydrogens is 420 g/mol. The van der Waals surface area contributed by atoms with Gasteiger partial charge in [-0.1, -0.05) is 12.2 Å². The Labute approximate surface area is 194 Å². The van der Waals surface area contributed by atoms with Crippen LogP contribution in [0.3, 0.4) is 0 Å². The van der Waals surface area contributed by atoms with Gasteiger partial charge < -0.3 is 19.9 Å². The summed E-state index contributed by atoms with van der Waals surface area (Å²) in [6.45, 7) is 0. The Hall–Kier alpha value is -4.58. The molecular formula is C28H22N6. The molecule has 34 heavy (non-hydrogen) atoms. The largest absolute Gasteiger partial charge is 0.355 e. The molecule has 3 aliphatic heterocycles. The molecule has 164 valence electrons. The molecule has 0 spiro atoms. The van der Waals surface area contributed by atoms with Crippen molar-refractivity contribution in [3.05, 3.63) is 106 Å². The zero-order valence-corrected chi connectivity index (χ0v) is 18.3. The highest BCUT2D eigenvalue weighted by Crippen LogP contribution is 2.19. The molecule has 0 fully saturated rings. The molecule has 0 aromatic carbocycles. The fraction of sp³-hybridized carbons (Fsp3) is 0.0714. The molecule has 7 rings (SSSR count). The highest BCUT2D eigenvalue weighted by Gasteiger charge is 2.21. The van der Waals surface area contributed by atoms with E-state index in [2.05, 4.69) is 117 Å². The van der Waals surface area contributed by atoms with Crippen LogP contribution in [0.4, 0.5) is 0 Å². The van der Waals surface area contributed by atoms with Crippen LogP contribution in [-0.4, -0.2) is 43.4 Å². The molecule has 0 saturated carbocycles. The fourth-order valence-electron chi connectivity index (χ4n) is 4.62. The van der Waals surface area contributed by atoms with Crippen molar-refractivity contribution in [2.75, 3.05) is 0 Å². The third-order valence-corrected chi connectivity index (χ3v) is 6.27. The Morgan fingerprint density at radius 3 is 1.38 bits per heavy atom. The number of rotatable bonds is 0. The molecule has 0 amide bonds. The average Bonchev–Trinajstić information content (AvgIpc) is 3.64. The highest BCUT2D eigenvalue weighted by molar-refractivity contribution is 6.19. The van der Waals surface area contributed by atoms with Gasteiger partial charge in [-0.15, -0.1) is 0 Å². The summed E-state index contributed by atoms with van der Waals surface area (Å²) >= 11 is 0. The second kappa shape index (κ2) is 7.49. The SMILES string of the molecule is C1=CC2N=C1C=c1ccc([nH]1)=Cc1ccc([nH]1)-c1ccc([nH]1)/C=c1/ccc([nH]1)=CC1=NC2C=C1. The van der Waals surface area contributed by atoms with E-state index in [-0.39, 0.29) is 12.1 Å². The fourth-order valence-corrected chi connectivity index (χ4v) is 4.62. The topological polar surface area (TPSA) is 87.9 Å². The van der Waals surface area contributed by atoms with Crippen molar-refractivity contribution < 1.29 is 0 Å². The van der Waals surface area contributed by atoms with Gasteiger partial charge in [-0.3, -0.25) is 9.98 Å². The molecule has 0 saturated heterocycles. The highest BCUT2D eigenvalue weighted by atomic mass is 14.9. The molecule has 7 heterocycles. The van der Waals surface area contributed by atoms with Gasteiger partial charge in [-0.05, 0) is 85.0 Å². The number of fused-ring (bicyclic) bond motifs is 12. The summed E-state index contributed by atoms with van der Waals surface area (Å²) in [6, 6.07) is 16.7. The zero-order valence-electron chi connectivity index (χ0n) is 18.3. The van der Waals surface area contributed by atoms with Crippen LogP contribution in [-0.2, 0) is 0 Å². The normalized spacial score (nSPS) is 21.2. The quantitative estimate of drug-likeness (QED) is 0.319. The predicted molar refractivity (Wildman–Crippen MR) is 137 cm³/mol. The van der Waals surface area contributed by atoms with Gasteiger partial charge in [-0.2, -0.15) is 0 Å². The number of hydrogen-bond donors (Lipinski definition) is 4. The summed E-state index contributed by atoms with van der Waals surface area (Å²) < 4.78 is 0. The lowest BCUT2D eigenvalue weighted by atomic mass is 10.1. The van der Waals surface area contributed by atoms with Gasteiger partial charge in [0.15, 0.2) is 0 Å². The van der Waals surface area contributed by atoms with Gasteiger partial charge in [0.2, 0.25) is 0 Å². The van der Waals surface area contributed by atoms with Crippen molar-refractivity contribution >= 4 is 35.7 Å². The number of nitrogens with one attached hydrogen (secondary N) is 4. The third-order valence-electron chi connectivity index (χ3n) is 6.27. The van der Waals surface area contributed by atoms with Crippen LogP contribution in [0, 0.1) is 0 Å². The molecule has 6 nitrogen and oxygen atoms in total. The Morgan fingerprint density at radius 2 is 0.912 bits per heavy atom. The first-order valence-electron chi connectivity index (χ1n) is 11.4. The maximum atomic E-state index is 4.87. The predicted octanol–water partition coefficient (Wildman–Crippen LogP) is 1.66.